The molecule has 1 aromatic carbocycles. The van der Waals surface area contributed by atoms with Gasteiger partial charge < -0.3 is 4.55 Å². The molecule has 2 nitrogen and oxygen atoms in total. The molecule has 2 rings (SSSR count). The Bertz CT molecular complexity index is 524. The van der Waals surface area contributed by atoms with Crippen molar-refractivity contribution in [3.8, 4) is 0 Å². The second-order valence-electron chi connectivity index (χ2n) is 2.86. The van der Waals surface area contributed by atoms with Crippen LogP contribution in [-0.2, 0) is 11.1 Å². The van der Waals surface area contributed by atoms with Crippen molar-refractivity contribution in [2.24, 2.45) is 0 Å². The van der Waals surface area contributed by atoms with Crippen molar-refractivity contribution in [3.63, 3.8) is 0 Å². The number of hydrogen-bond acceptors (Lipinski definition) is 3. The van der Waals surface area contributed by atoms with Gasteiger partial charge in [0.25, 0.3) is 0 Å². The monoisotopic (exact) mass is 252 g/mol. The number of fused-ring (bicyclic) bond motifs is 1. The maximum absolute atomic E-state index is 13.3. The van der Waals surface area contributed by atoms with E-state index in [0.717, 1.165) is 11.3 Å². The average Bonchev–Trinajstić information content (AvgIpc) is 2.45. The smallest absolute Gasteiger partial charge is 0.768 e. The zero-order chi connectivity index (χ0) is 10.3. The second kappa shape index (κ2) is 5.03. The summed E-state index contributed by atoms with van der Waals surface area (Å²) in [6.07, 6.45) is 0. The zero-order valence-corrected chi connectivity index (χ0v) is 11.9. The summed E-state index contributed by atoms with van der Waals surface area (Å²) in [5.41, 5.74) is 0.497. The largest absolute Gasteiger partial charge is 1.00 e. The van der Waals surface area contributed by atoms with Crippen LogP contribution in [0.4, 0.5) is 4.39 Å². The van der Waals surface area contributed by atoms with Crippen LogP contribution < -0.4 is 29.6 Å². The summed E-state index contributed by atoms with van der Waals surface area (Å²) in [5, 5.41) is 0.414. The van der Waals surface area contributed by atoms with Gasteiger partial charge in [-0.15, -0.1) is 11.3 Å². The molecule has 0 fully saturated rings. The van der Waals surface area contributed by atoms with Gasteiger partial charge in [-0.05, 0) is 35.7 Å². The Morgan fingerprint density at radius 1 is 1.47 bits per heavy atom. The molecule has 1 heterocycles. The van der Waals surface area contributed by atoms with Crippen LogP contribution in [0.5, 0.6) is 0 Å². The minimum atomic E-state index is -2.28. The molecule has 6 heteroatoms. The SMILES string of the molecule is Cc1c(S(=O)[O-])sc2cccc(F)c12.[Na+]. The molecular formula is C9H6FNaO2S2. The molecule has 1 atom stereocenters. The summed E-state index contributed by atoms with van der Waals surface area (Å²) in [4.78, 5) is 0. The van der Waals surface area contributed by atoms with Crippen LogP contribution in [-0.4, -0.2) is 8.76 Å². The Morgan fingerprint density at radius 2 is 2.13 bits per heavy atom. The van der Waals surface area contributed by atoms with E-state index in [1.54, 1.807) is 19.1 Å². The van der Waals surface area contributed by atoms with E-state index in [2.05, 4.69) is 0 Å². The molecule has 15 heavy (non-hydrogen) atoms. The van der Waals surface area contributed by atoms with Crippen LogP contribution in [0.15, 0.2) is 22.4 Å². The van der Waals surface area contributed by atoms with E-state index in [4.69, 9.17) is 0 Å². The summed E-state index contributed by atoms with van der Waals surface area (Å²) in [7, 11) is 0. The Kier molecular flexibility index (Phi) is 4.46. The quantitative estimate of drug-likeness (QED) is 0.511. The molecule has 74 valence electrons. The summed E-state index contributed by atoms with van der Waals surface area (Å²) in [5.74, 6) is -0.368. The predicted molar refractivity (Wildman–Crippen MR) is 53.7 cm³/mol. The predicted octanol–water partition coefficient (Wildman–Crippen LogP) is -0.409. The third-order valence-corrected chi connectivity index (χ3v) is 4.33. The Hall–Kier alpha value is 0.220. The van der Waals surface area contributed by atoms with Crippen LogP contribution in [0.2, 0.25) is 0 Å². The molecular weight excluding hydrogens is 246 g/mol. The fraction of sp³-hybridized carbons (Fsp3) is 0.111. The number of benzene rings is 1. The summed E-state index contributed by atoms with van der Waals surface area (Å²) in [6.45, 7) is 1.62. The van der Waals surface area contributed by atoms with Crippen LogP contribution in [0.25, 0.3) is 10.1 Å². The van der Waals surface area contributed by atoms with E-state index >= 15 is 0 Å². The van der Waals surface area contributed by atoms with Gasteiger partial charge in [0.1, 0.15) is 5.82 Å². The van der Waals surface area contributed by atoms with Crippen molar-refractivity contribution in [2.45, 2.75) is 11.1 Å². The molecule has 1 unspecified atom stereocenters. The first-order valence-electron chi connectivity index (χ1n) is 3.88. The van der Waals surface area contributed by atoms with Crippen molar-refractivity contribution in [1.29, 1.82) is 0 Å². The Balaban J connectivity index is 0.00000112. The minimum absolute atomic E-state index is 0. The van der Waals surface area contributed by atoms with Gasteiger partial charge in [-0.25, -0.2) is 4.39 Å². The van der Waals surface area contributed by atoms with Crippen LogP contribution in [0.3, 0.4) is 0 Å². The van der Waals surface area contributed by atoms with Crippen molar-refractivity contribution >= 4 is 32.5 Å². The van der Waals surface area contributed by atoms with Crippen LogP contribution in [0, 0.1) is 12.7 Å². The Labute approximate surface area is 115 Å². The van der Waals surface area contributed by atoms with E-state index in [9.17, 15) is 13.2 Å². The molecule has 0 aliphatic rings. The van der Waals surface area contributed by atoms with Gasteiger partial charge in [-0.2, -0.15) is 0 Å². The van der Waals surface area contributed by atoms with Gasteiger partial charge in [0.15, 0.2) is 0 Å². The number of aryl methyl sites for hydroxylation is 1. The normalized spacial score (nSPS) is 12.5. The van der Waals surface area contributed by atoms with Crippen LogP contribution in [0.1, 0.15) is 5.56 Å². The van der Waals surface area contributed by atoms with Crippen LogP contribution >= 0.6 is 11.3 Å². The minimum Gasteiger partial charge on any atom is -0.768 e. The van der Waals surface area contributed by atoms with Gasteiger partial charge >= 0.3 is 29.6 Å². The van der Waals surface area contributed by atoms with E-state index in [1.165, 1.54) is 6.07 Å². The topological polar surface area (TPSA) is 40.1 Å². The first-order chi connectivity index (χ1) is 6.61. The fourth-order valence-electron chi connectivity index (χ4n) is 1.39. The van der Waals surface area contributed by atoms with Crippen molar-refractivity contribution in [3.05, 3.63) is 29.6 Å². The van der Waals surface area contributed by atoms with Gasteiger partial charge in [0, 0.05) is 10.1 Å². The number of thiophene rings is 1. The standard InChI is InChI=1S/C9H7FO2S2.Na/c1-5-8-6(10)3-2-4-7(8)13-9(5)14(11)12;/h2-4H,1H3,(H,11,12);/q;+1/p-1. The van der Waals surface area contributed by atoms with Gasteiger partial charge in [0.05, 0.1) is 4.21 Å². The summed E-state index contributed by atoms with van der Waals surface area (Å²) >= 11 is -1.19. The van der Waals surface area contributed by atoms with Gasteiger partial charge in [-0.1, -0.05) is 6.07 Å². The van der Waals surface area contributed by atoms with Crippen molar-refractivity contribution in [2.75, 3.05) is 0 Å². The third kappa shape index (κ3) is 2.33. The number of halogens is 1. The maximum atomic E-state index is 13.3. The molecule has 1 aromatic heterocycles. The van der Waals surface area contributed by atoms with E-state index in [1.807, 2.05) is 0 Å². The van der Waals surface area contributed by atoms with E-state index in [0.29, 0.717) is 15.6 Å². The van der Waals surface area contributed by atoms with Gasteiger partial charge in [0.2, 0.25) is 0 Å². The second-order valence-corrected chi connectivity index (χ2v) is 5.05. The summed E-state index contributed by atoms with van der Waals surface area (Å²) < 4.78 is 35.8. The third-order valence-electron chi connectivity index (χ3n) is 2.01. The first-order valence-corrected chi connectivity index (χ1v) is 5.77. The first kappa shape index (κ1) is 13.3. The average molecular weight is 252 g/mol. The molecule has 0 amide bonds. The van der Waals surface area contributed by atoms with Crippen molar-refractivity contribution < 1.29 is 42.7 Å². The molecule has 0 bridgehead atoms. The molecule has 0 aliphatic heterocycles. The molecule has 0 spiro atoms. The molecule has 2 aromatic rings. The van der Waals surface area contributed by atoms with E-state index in [-0.39, 0.29) is 39.6 Å². The molecule has 0 saturated heterocycles. The molecule has 0 N–H and O–H groups in total. The molecule has 0 radical (unpaired) electrons. The zero-order valence-electron chi connectivity index (χ0n) is 8.24. The Morgan fingerprint density at radius 3 is 2.67 bits per heavy atom. The number of hydrogen-bond donors (Lipinski definition) is 0. The maximum Gasteiger partial charge on any atom is 1.00 e. The number of rotatable bonds is 1. The molecule has 0 aliphatic carbocycles. The summed E-state index contributed by atoms with van der Waals surface area (Å²) in [6, 6.07) is 4.62. The van der Waals surface area contributed by atoms with Crippen molar-refractivity contribution in [1.82, 2.24) is 0 Å². The van der Waals surface area contributed by atoms with E-state index < -0.39 is 11.1 Å². The van der Waals surface area contributed by atoms with Gasteiger partial charge in [-0.3, -0.25) is 4.21 Å². The fourth-order valence-corrected chi connectivity index (χ4v) is 3.24. The molecule has 0 saturated carbocycles.